The number of hydrogen-bond donors (Lipinski definition) is 4. The van der Waals surface area contributed by atoms with Crippen LogP contribution in [0.25, 0.3) is 32.7 Å². The van der Waals surface area contributed by atoms with E-state index in [1.54, 1.807) is 12.1 Å². The Kier molecular flexibility index (Phi) is 11.9. The summed E-state index contributed by atoms with van der Waals surface area (Å²) >= 11 is 1.09. The number of rotatable bonds is 11. The summed E-state index contributed by atoms with van der Waals surface area (Å²) in [5.41, 5.74) is 2.40. The van der Waals surface area contributed by atoms with E-state index < -0.39 is 102 Å². The van der Waals surface area contributed by atoms with Crippen molar-refractivity contribution in [3.8, 4) is 34.2 Å². The number of carbonyl (C=O) groups is 2. The van der Waals surface area contributed by atoms with Gasteiger partial charge in [-0.05, 0) is 85.3 Å². The highest BCUT2D eigenvalue weighted by Gasteiger charge is 2.55. The van der Waals surface area contributed by atoms with Gasteiger partial charge in [-0.3, -0.25) is 14.3 Å². The third-order valence-corrected chi connectivity index (χ3v) is 12.3. The molecule has 1 fully saturated rings. The maximum atomic E-state index is 15.3. The minimum Gasteiger partial charge on any atom is -0.366 e. The molecule has 0 unspecified atom stereocenters. The Hall–Kier alpha value is -7.05. The number of nitrogens with zero attached hydrogens (tertiary/aromatic N) is 5. The summed E-state index contributed by atoms with van der Waals surface area (Å²) < 4.78 is 133. The fourth-order valence-electron chi connectivity index (χ4n) is 8.33. The summed E-state index contributed by atoms with van der Waals surface area (Å²) in [4.78, 5) is 43.4. The number of imidazole rings is 1. The molecule has 2 aliphatic rings. The summed E-state index contributed by atoms with van der Waals surface area (Å²) in [5.74, 6) is -6.67. The van der Waals surface area contributed by atoms with Crippen molar-refractivity contribution in [3.05, 3.63) is 141 Å². The largest absolute Gasteiger partial charge is 0.366 e. The zero-order chi connectivity index (χ0) is 47.4. The molecule has 1 aliphatic carbocycles. The van der Waals surface area contributed by atoms with Crippen LogP contribution in [-0.4, -0.2) is 48.1 Å². The van der Waals surface area contributed by atoms with E-state index in [0.29, 0.717) is 16.3 Å². The van der Waals surface area contributed by atoms with Crippen LogP contribution in [0.1, 0.15) is 99.2 Å². The Morgan fingerprint density at radius 2 is 1.63 bits per heavy atom. The summed E-state index contributed by atoms with van der Waals surface area (Å²) in [7, 11) is 0. The van der Waals surface area contributed by atoms with Crippen LogP contribution in [0.5, 0.6) is 0 Å². The molecule has 344 valence electrons. The lowest BCUT2D eigenvalue weighted by atomic mass is 9.89. The number of benzene rings is 3. The highest BCUT2D eigenvalue weighted by molar-refractivity contribution is 7.19. The molecule has 21 heteroatoms. The van der Waals surface area contributed by atoms with Gasteiger partial charge in [0.1, 0.15) is 41.2 Å². The number of amides is 2. The predicted octanol–water partition coefficient (Wildman–Crippen LogP) is 9.30. The van der Waals surface area contributed by atoms with E-state index in [4.69, 9.17) is 15.7 Å². The van der Waals surface area contributed by atoms with Crippen molar-refractivity contribution in [2.45, 2.75) is 69.0 Å². The molecular weight excluding hydrogens is 914 g/mol. The van der Waals surface area contributed by atoms with E-state index >= 15 is 8.78 Å². The van der Waals surface area contributed by atoms with Gasteiger partial charge in [0.15, 0.2) is 10.7 Å². The second-order valence-corrected chi connectivity index (χ2v) is 17.1. The average Bonchev–Trinajstić information content (AvgIpc) is 4.11. The van der Waals surface area contributed by atoms with Gasteiger partial charge in [0, 0.05) is 41.8 Å². The molecule has 67 heavy (non-hydrogen) atoms. The van der Waals surface area contributed by atoms with E-state index in [1.165, 1.54) is 12.1 Å². The van der Waals surface area contributed by atoms with Crippen LogP contribution in [0.15, 0.2) is 72.9 Å². The van der Waals surface area contributed by atoms with Crippen LogP contribution in [0.4, 0.5) is 39.5 Å². The van der Waals surface area contributed by atoms with Crippen molar-refractivity contribution >= 4 is 33.5 Å². The van der Waals surface area contributed by atoms with Crippen molar-refractivity contribution in [1.82, 2.24) is 40.3 Å². The minimum absolute atomic E-state index is 0.0426. The fraction of sp³-hybridized carbons (Fsp3) is 0.261. The first-order valence-electron chi connectivity index (χ1n) is 20.6. The average molecular weight is 948 g/mol. The Labute approximate surface area is 378 Å². The molecule has 7 aromatic rings. The maximum absolute atomic E-state index is 15.3. The molecule has 0 radical (unpaired) electrons. The lowest BCUT2D eigenvalue weighted by Crippen LogP contribution is -2.37. The Balaban J connectivity index is 1.10. The second kappa shape index (κ2) is 17.6. The zero-order valence-corrected chi connectivity index (χ0v) is 35.4. The van der Waals surface area contributed by atoms with E-state index in [9.17, 15) is 40.3 Å². The topological polar surface area (TPSA) is 156 Å². The van der Waals surface area contributed by atoms with Crippen LogP contribution < -0.4 is 16.4 Å². The lowest BCUT2D eigenvalue weighted by Gasteiger charge is -2.29. The SMILES string of the molecule is NC(=O)c1cc(-c2cc3sc(C#Cc4ccc(-c5c[nH]c([C@@H]6CCCN6)n5)cc4)nc3nc2[C@H](Cc2cc(F)cc(F)c2)NC(=O)Cn2nc(C(F)F)c3c2C(F)(F)CCC3(F)F)ccc1F. The quantitative estimate of drug-likeness (QED) is 0.0744. The molecule has 1 aliphatic heterocycles. The van der Waals surface area contributed by atoms with Gasteiger partial charge in [0.2, 0.25) is 5.91 Å². The maximum Gasteiger partial charge on any atom is 0.290 e. The highest BCUT2D eigenvalue weighted by Crippen LogP contribution is 2.52. The monoisotopic (exact) mass is 947 g/mol. The summed E-state index contributed by atoms with van der Waals surface area (Å²) in [6, 6.07) is 13.3. The number of aromatic nitrogens is 6. The number of aromatic amines is 1. The molecule has 3 aromatic carbocycles. The van der Waals surface area contributed by atoms with Gasteiger partial charge in [0.25, 0.3) is 24.2 Å². The summed E-state index contributed by atoms with van der Waals surface area (Å²) in [6.07, 6.45) is -3.17. The number of hydrogen-bond acceptors (Lipinski definition) is 8. The first-order valence-corrected chi connectivity index (χ1v) is 21.5. The first-order chi connectivity index (χ1) is 31.9. The molecule has 5 N–H and O–H groups in total. The van der Waals surface area contributed by atoms with Crippen LogP contribution in [0.2, 0.25) is 0 Å². The molecule has 0 spiro atoms. The minimum atomic E-state index is -4.12. The Morgan fingerprint density at radius 1 is 0.896 bits per heavy atom. The lowest BCUT2D eigenvalue weighted by molar-refractivity contribution is -0.123. The van der Waals surface area contributed by atoms with Gasteiger partial charge in [-0.15, -0.1) is 11.3 Å². The summed E-state index contributed by atoms with van der Waals surface area (Å²) in [5, 5.41) is 9.53. The number of carbonyl (C=O) groups excluding carboxylic acids is 2. The smallest absolute Gasteiger partial charge is 0.290 e. The fourth-order valence-corrected chi connectivity index (χ4v) is 9.14. The second-order valence-electron chi connectivity index (χ2n) is 16.0. The number of primary amides is 1. The predicted molar refractivity (Wildman–Crippen MR) is 226 cm³/mol. The van der Waals surface area contributed by atoms with Crippen LogP contribution in [-0.2, 0) is 29.6 Å². The standard InChI is InChI=1S/C46H34F9N9O2S/c47-26-14-23(15-27(48)18-26)16-32(59-35(65)21-64-40-37(39(63-64)41(50)51)45(52,53)11-12-46(40,54)55)38-28(25-8-9-30(49)29(17-25)42(56)66)19-34-44(62-38)61-36(67-34)10-5-22-3-6-24(7-4-22)33-20-58-43(60-33)31-2-1-13-57-31/h3-4,6-9,14-15,17-20,31-32,41,57H,1-2,11-13,16,21H2,(H2,56,66)(H,58,60)(H,59,65)/t31-,32-/m0/s1. The normalized spacial score (nSPS) is 16.7. The van der Waals surface area contributed by atoms with E-state index in [1.807, 2.05) is 18.3 Å². The van der Waals surface area contributed by atoms with E-state index in [2.05, 4.69) is 37.5 Å². The van der Waals surface area contributed by atoms with Crippen LogP contribution in [0.3, 0.4) is 0 Å². The third-order valence-electron chi connectivity index (χ3n) is 11.4. The molecule has 1 saturated heterocycles. The Morgan fingerprint density at radius 3 is 2.33 bits per heavy atom. The molecule has 2 amide bonds. The van der Waals surface area contributed by atoms with Crippen molar-refractivity contribution in [3.63, 3.8) is 0 Å². The highest BCUT2D eigenvalue weighted by atomic mass is 32.1. The number of H-pyrrole nitrogens is 1. The summed E-state index contributed by atoms with van der Waals surface area (Å²) in [6.45, 7) is -0.357. The number of pyridine rings is 1. The molecule has 9 rings (SSSR count). The number of nitrogens with one attached hydrogen (secondary N) is 3. The number of thiazole rings is 1. The molecule has 11 nitrogen and oxygen atoms in total. The van der Waals surface area contributed by atoms with Gasteiger partial charge in [0.05, 0.1) is 39.3 Å². The van der Waals surface area contributed by atoms with Crippen LogP contribution in [0, 0.1) is 29.3 Å². The molecule has 5 heterocycles. The Bertz CT molecular complexity index is 3110. The van der Waals surface area contributed by atoms with Gasteiger partial charge in [-0.1, -0.05) is 24.1 Å². The molecule has 2 atom stereocenters. The van der Waals surface area contributed by atoms with E-state index in [-0.39, 0.29) is 43.8 Å². The molecular formula is C46H34F9N9O2S. The number of alkyl halides is 6. The van der Waals surface area contributed by atoms with Crippen molar-refractivity contribution in [1.29, 1.82) is 0 Å². The third kappa shape index (κ3) is 9.23. The molecule has 0 saturated carbocycles. The number of nitrogens with two attached hydrogens (primary N) is 1. The number of halogens is 9. The first kappa shape index (κ1) is 45.1. The van der Waals surface area contributed by atoms with Gasteiger partial charge < -0.3 is 21.4 Å². The van der Waals surface area contributed by atoms with Gasteiger partial charge in [-0.25, -0.2) is 45.7 Å². The van der Waals surface area contributed by atoms with Crippen molar-refractivity contribution in [2.75, 3.05) is 6.54 Å². The van der Waals surface area contributed by atoms with Gasteiger partial charge >= 0.3 is 0 Å². The molecule has 0 bridgehead atoms. The van der Waals surface area contributed by atoms with Crippen molar-refractivity contribution < 1.29 is 49.1 Å². The van der Waals surface area contributed by atoms with Crippen molar-refractivity contribution in [2.24, 2.45) is 5.73 Å². The van der Waals surface area contributed by atoms with Crippen LogP contribution >= 0.6 is 11.3 Å². The van der Waals surface area contributed by atoms with Gasteiger partial charge in [-0.2, -0.15) is 13.9 Å². The van der Waals surface area contributed by atoms with E-state index in [0.717, 1.165) is 72.1 Å². The zero-order valence-electron chi connectivity index (χ0n) is 34.5. The molecule has 4 aromatic heterocycles. The number of fused-ring (bicyclic) bond motifs is 2.